The molecule has 0 aliphatic heterocycles. The van der Waals surface area contributed by atoms with Crippen LogP contribution in [0.2, 0.25) is 0 Å². The van der Waals surface area contributed by atoms with E-state index < -0.39 is 0 Å². The maximum absolute atomic E-state index is 4.39. The minimum atomic E-state index is 0.875. The summed E-state index contributed by atoms with van der Waals surface area (Å²) in [5.41, 5.74) is 3.29. The van der Waals surface area contributed by atoms with Crippen LogP contribution in [0.4, 0.5) is 0 Å². The van der Waals surface area contributed by atoms with Crippen LogP contribution in [0.5, 0.6) is 0 Å². The Morgan fingerprint density at radius 1 is 1.21 bits per heavy atom. The Kier molecular flexibility index (Phi) is 3.21. The summed E-state index contributed by atoms with van der Waals surface area (Å²) < 4.78 is 0. The maximum atomic E-state index is 4.39. The van der Waals surface area contributed by atoms with Crippen LogP contribution in [-0.4, -0.2) is 19.9 Å². The lowest BCUT2D eigenvalue weighted by atomic mass is 10.1. The quantitative estimate of drug-likeness (QED) is 0.741. The van der Waals surface area contributed by atoms with E-state index >= 15 is 0 Å². The van der Waals surface area contributed by atoms with Gasteiger partial charge in [0.15, 0.2) is 5.16 Å². The Morgan fingerprint density at radius 2 is 2.11 bits per heavy atom. The predicted octanol–water partition coefficient (Wildman–Crippen LogP) is 3.37. The molecular weight excluding hydrogens is 256 g/mol. The summed E-state index contributed by atoms with van der Waals surface area (Å²) in [5.74, 6) is 0. The molecule has 0 spiro atoms. The Balaban J connectivity index is 2.05. The molecule has 0 bridgehead atoms. The van der Waals surface area contributed by atoms with Crippen LogP contribution in [0.15, 0.2) is 40.9 Å². The van der Waals surface area contributed by atoms with Gasteiger partial charge in [0.05, 0.1) is 5.52 Å². The SMILES string of the molecule is CCc1cnc(Sc2ncnc3cccc(C)c23)[nH]1. The van der Waals surface area contributed by atoms with Gasteiger partial charge in [0.2, 0.25) is 0 Å². The van der Waals surface area contributed by atoms with Crippen molar-refractivity contribution in [3.63, 3.8) is 0 Å². The molecule has 3 aromatic rings. The predicted molar refractivity (Wildman–Crippen MR) is 76.4 cm³/mol. The summed E-state index contributed by atoms with van der Waals surface area (Å²) in [6, 6.07) is 6.10. The molecule has 2 heterocycles. The summed E-state index contributed by atoms with van der Waals surface area (Å²) in [7, 11) is 0. The zero-order valence-electron chi connectivity index (χ0n) is 10.8. The highest BCUT2D eigenvalue weighted by atomic mass is 32.2. The Bertz CT molecular complexity index is 715. The fourth-order valence-corrected chi connectivity index (χ4v) is 2.92. The second-order valence-corrected chi connectivity index (χ2v) is 5.29. The fourth-order valence-electron chi connectivity index (χ4n) is 1.99. The van der Waals surface area contributed by atoms with E-state index in [2.05, 4.69) is 39.8 Å². The molecule has 0 unspecified atom stereocenters. The Labute approximate surface area is 115 Å². The van der Waals surface area contributed by atoms with Gasteiger partial charge in [0.25, 0.3) is 0 Å². The fraction of sp³-hybridized carbons (Fsp3) is 0.214. The highest BCUT2D eigenvalue weighted by molar-refractivity contribution is 7.99. The first-order chi connectivity index (χ1) is 9.28. The molecule has 0 fully saturated rings. The van der Waals surface area contributed by atoms with Gasteiger partial charge in [-0.2, -0.15) is 0 Å². The number of benzene rings is 1. The van der Waals surface area contributed by atoms with E-state index in [1.807, 2.05) is 18.3 Å². The number of rotatable bonds is 3. The van der Waals surface area contributed by atoms with Crippen LogP contribution in [-0.2, 0) is 6.42 Å². The lowest BCUT2D eigenvalue weighted by Gasteiger charge is -2.05. The van der Waals surface area contributed by atoms with E-state index in [0.717, 1.165) is 33.2 Å². The van der Waals surface area contributed by atoms with Crippen LogP contribution in [0.3, 0.4) is 0 Å². The molecule has 19 heavy (non-hydrogen) atoms. The molecule has 5 heteroatoms. The van der Waals surface area contributed by atoms with Gasteiger partial charge in [-0.3, -0.25) is 0 Å². The third-order valence-electron chi connectivity index (χ3n) is 3.02. The van der Waals surface area contributed by atoms with Crippen molar-refractivity contribution in [2.24, 2.45) is 0 Å². The normalized spacial score (nSPS) is 11.1. The zero-order valence-corrected chi connectivity index (χ0v) is 11.7. The number of hydrogen-bond acceptors (Lipinski definition) is 4. The van der Waals surface area contributed by atoms with Crippen molar-refractivity contribution in [2.45, 2.75) is 30.5 Å². The van der Waals surface area contributed by atoms with E-state index in [1.54, 1.807) is 18.1 Å². The molecule has 0 aliphatic carbocycles. The standard InChI is InChI=1S/C14H14N4S/c1-3-10-7-15-14(18-10)19-13-12-9(2)5-4-6-11(12)16-8-17-13/h4-8H,3H2,1-2H3,(H,15,18). The zero-order chi connectivity index (χ0) is 13.2. The molecule has 1 N–H and O–H groups in total. The molecule has 0 aliphatic rings. The number of hydrogen-bond donors (Lipinski definition) is 1. The van der Waals surface area contributed by atoms with Crippen molar-refractivity contribution in [3.8, 4) is 0 Å². The highest BCUT2D eigenvalue weighted by Gasteiger charge is 2.09. The van der Waals surface area contributed by atoms with Crippen molar-refractivity contribution in [3.05, 3.63) is 42.0 Å². The number of aromatic nitrogens is 4. The van der Waals surface area contributed by atoms with E-state index in [9.17, 15) is 0 Å². The lowest BCUT2D eigenvalue weighted by molar-refractivity contribution is 0.987. The van der Waals surface area contributed by atoms with Crippen LogP contribution >= 0.6 is 11.8 Å². The van der Waals surface area contributed by atoms with Gasteiger partial charge in [-0.15, -0.1) is 0 Å². The van der Waals surface area contributed by atoms with Gasteiger partial charge >= 0.3 is 0 Å². The molecule has 3 rings (SSSR count). The number of nitrogens with zero attached hydrogens (tertiary/aromatic N) is 3. The van der Waals surface area contributed by atoms with Crippen LogP contribution in [0.25, 0.3) is 10.9 Å². The summed E-state index contributed by atoms with van der Waals surface area (Å²) in [4.78, 5) is 16.4. The van der Waals surface area contributed by atoms with Crippen LogP contribution in [0, 0.1) is 6.92 Å². The topological polar surface area (TPSA) is 54.5 Å². The largest absolute Gasteiger partial charge is 0.337 e. The smallest absolute Gasteiger partial charge is 0.171 e. The van der Waals surface area contributed by atoms with E-state index in [4.69, 9.17) is 0 Å². The van der Waals surface area contributed by atoms with E-state index in [1.165, 1.54) is 5.56 Å². The minimum Gasteiger partial charge on any atom is -0.337 e. The Hall–Kier alpha value is -1.88. The van der Waals surface area contributed by atoms with Crippen molar-refractivity contribution >= 4 is 22.7 Å². The second-order valence-electron chi connectivity index (χ2n) is 4.32. The number of fused-ring (bicyclic) bond motifs is 1. The molecule has 0 amide bonds. The molecule has 0 atom stereocenters. The molecule has 0 saturated heterocycles. The monoisotopic (exact) mass is 270 g/mol. The molecule has 0 radical (unpaired) electrons. The summed E-state index contributed by atoms with van der Waals surface area (Å²) in [6.07, 6.45) is 4.43. The molecule has 96 valence electrons. The van der Waals surface area contributed by atoms with E-state index in [-0.39, 0.29) is 0 Å². The number of aromatic amines is 1. The maximum Gasteiger partial charge on any atom is 0.171 e. The van der Waals surface area contributed by atoms with Gasteiger partial charge in [0, 0.05) is 17.3 Å². The average molecular weight is 270 g/mol. The highest BCUT2D eigenvalue weighted by Crippen LogP contribution is 2.30. The number of imidazole rings is 1. The third kappa shape index (κ3) is 2.33. The summed E-state index contributed by atoms with van der Waals surface area (Å²) in [6.45, 7) is 4.18. The van der Waals surface area contributed by atoms with Gasteiger partial charge < -0.3 is 4.98 Å². The number of aryl methyl sites for hydroxylation is 2. The summed E-state index contributed by atoms with van der Waals surface area (Å²) >= 11 is 1.55. The molecule has 4 nitrogen and oxygen atoms in total. The first kappa shape index (κ1) is 12.2. The summed E-state index contributed by atoms with van der Waals surface area (Å²) in [5, 5.41) is 2.92. The average Bonchev–Trinajstić information content (AvgIpc) is 2.87. The second kappa shape index (κ2) is 5.01. The minimum absolute atomic E-state index is 0.875. The number of H-pyrrole nitrogens is 1. The van der Waals surface area contributed by atoms with Gasteiger partial charge in [0.1, 0.15) is 11.4 Å². The third-order valence-corrected chi connectivity index (χ3v) is 3.92. The van der Waals surface area contributed by atoms with Crippen molar-refractivity contribution in [1.82, 2.24) is 19.9 Å². The van der Waals surface area contributed by atoms with Crippen LogP contribution < -0.4 is 0 Å². The molecule has 1 aromatic carbocycles. The molecular formula is C14H14N4S. The van der Waals surface area contributed by atoms with E-state index in [0.29, 0.717) is 0 Å². The van der Waals surface area contributed by atoms with Gasteiger partial charge in [-0.25, -0.2) is 15.0 Å². The lowest BCUT2D eigenvalue weighted by Crippen LogP contribution is -1.90. The molecule has 2 aromatic heterocycles. The van der Waals surface area contributed by atoms with Gasteiger partial charge in [-0.1, -0.05) is 19.1 Å². The first-order valence-electron chi connectivity index (χ1n) is 6.20. The van der Waals surface area contributed by atoms with Crippen molar-refractivity contribution in [1.29, 1.82) is 0 Å². The number of nitrogens with one attached hydrogen (secondary N) is 1. The molecule has 0 saturated carbocycles. The Morgan fingerprint density at radius 3 is 2.89 bits per heavy atom. The van der Waals surface area contributed by atoms with Gasteiger partial charge in [-0.05, 0) is 36.7 Å². The van der Waals surface area contributed by atoms with Crippen molar-refractivity contribution < 1.29 is 0 Å². The van der Waals surface area contributed by atoms with Crippen molar-refractivity contribution in [2.75, 3.05) is 0 Å². The first-order valence-corrected chi connectivity index (χ1v) is 7.01. The van der Waals surface area contributed by atoms with Crippen LogP contribution in [0.1, 0.15) is 18.2 Å².